The van der Waals surface area contributed by atoms with Crippen LogP contribution in [0.15, 0.2) is 53.4 Å². The van der Waals surface area contributed by atoms with Crippen molar-refractivity contribution in [2.24, 2.45) is 5.73 Å². The molecule has 2 aromatic rings. The van der Waals surface area contributed by atoms with E-state index < -0.39 is 28.1 Å². The predicted octanol–water partition coefficient (Wildman–Crippen LogP) is 2.37. The molecule has 0 aromatic heterocycles. The number of rotatable bonds is 9. The van der Waals surface area contributed by atoms with Gasteiger partial charge in [0.05, 0.1) is 17.1 Å². The summed E-state index contributed by atoms with van der Waals surface area (Å²) in [6.45, 7) is 1.98. The van der Waals surface area contributed by atoms with Gasteiger partial charge < -0.3 is 15.8 Å². The van der Waals surface area contributed by atoms with Gasteiger partial charge in [0.1, 0.15) is 0 Å². The molecule has 166 valence electrons. The van der Waals surface area contributed by atoms with Crippen molar-refractivity contribution in [3.05, 3.63) is 59.7 Å². The number of carbonyl (C=O) groups excluding carboxylic acids is 3. The normalized spacial score (nSPS) is 10.7. The number of ether oxygens (including phenoxy) is 1. The van der Waals surface area contributed by atoms with E-state index in [0.717, 1.165) is 17.5 Å². The van der Waals surface area contributed by atoms with E-state index in [2.05, 4.69) is 10.0 Å². The standard InChI is InChI=1S/C19H22N4O6S2/c1-13-3-9-16(10-4-13)31(27,28)23-19(26)21-15-7-5-14(6-8-15)17(24)29-11-2-12-30-22-18(20)25/h3-10H,2,11-12H2,1H3,(H3,20,22,25)(H2,21,23,26). The number of primary amides is 1. The monoisotopic (exact) mass is 466 g/mol. The lowest BCUT2D eigenvalue weighted by Gasteiger charge is -2.09. The van der Waals surface area contributed by atoms with Gasteiger partial charge >= 0.3 is 18.0 Å². The molecule has 12 heteroatoms. The molecule has 5 N–H and O–H groups in total. The average Bonchev–Trinajstić information content (AvgIpc) is 2.70. The maximum atomic E-state index is 12.2. The van der Waals surface area contributed by atoms with Crippen LogP contribution in [-0.2, 0) is 14.8 Å². The van der Waals surface area contributed by atoms with Gasteiger partial charge in [-0.2, -0.15) is 0 Å². The van der Waals surface area contributed by atoms with Crippen LogP contribution in [0, 0.1) is 6.92 Å². The summed E-state index contributed by atoms with van der Waals surface area (Å²) in [5.74, 6) is -0.0227. The molecule has 0 aliphatic carbocycles. The van der Waals surface area contributed by atoms with Crippen molar-refractivity contribution < 1.29 is 27.5 Å². The van der Waals surface area contributed by atoms with E-state index in [9.17, 15) is 22.8 Å². The minimum atomic E-state index is -4.01. The van der Waals surface area contributed by atoms with Crippen molar-refractivity contribution in [1.82, 2.24) is 9.44 Å². The van der Waals surface area contributed by atoms with Crippen molar-refractivity contribution in [1.29, 1.82) is 0 Å². The smallest absolute Gasteiger partial charge is 0.338 e. The van der Waals surface area contributed by atoms with Gasteiger partial charge in [0.25, 0.3) is 10.0 Å². The number of sulfonamides is 1. The van der Waals surface area contributed by atoms with Gasteiger partial charge in [-0.05, 0) is 61.7 Å². The van der Waals surface area contributed by atoms with Crippen molar-refractivity contribution in [3.63, 3.8) is 0 Å². The summed E-state index contributed by atoms with van der Waals surface area (Å²) in [5, 5.41) is 2.39. The molecular formula is C19H22N4O6S2. The summed E-state index contributed by atoms with van der Waals surface area (Å²) in [6, 6.07) is 10.3. The van der Waals surface area contributed by atoms with E-state index in [-0.39, 0.29) is 17.1 Å². The Hall–Kier alpha value is -3.25. The zero-order valence-electron chi connectivity index (χ0n) is 16.6. The van der Waals surface area contributed by atoms with E-state index in [0.29, 0.717) is 17.9 Å². The van der Waals surface area contributed by atoms with Crippen LogP contribution in [0.3, 0.4) is 0 Å². The van der Waals surface area contributed by atoms with Gasteiger partial charge in [0.15, 0.2) is 0 Å². The molecule has 31 heavy (non-hydrogen) atoms. The lowest BCUT2D eigenvalue weighted by molar-refractivity contribution is 0.0506. The van der Waals surface area contributed by atoms with E-state index >= 15 is 0 Å². The molecule has 10 nitrogen and oxygen atoms in total. The van der Waals surface area contributed by atoms with Crippen LogP contribution in [0.1, 0.15) is 22.3 Å². The summed E-state index contributed by atoms with van der Waals surface area (Å²) in [4.78, 5) is 34.5. The fraction of sp³-hybridized carbons (Fsp3) is 0.211. The first-order chi connectivity index (χ1) is 14.7. The Labute approximate surface area is 184 Å². The molecule has 2 rings (SSSR count). The van der Waals surface area contributed by atoms with Crippen LogP contribution in [0.25, 0.3) is 0 Å². The van der Waals surface area contributed by atoms with Crippen LogP contribution in [-0.4, -0.2) is 38.8 Å². The maximum absolute atomic E-state index is 12.2. The van der Waals surface area contributed by atoms with E-state index in [1.807, 2.05) is 11.6 Å². The topological polar surface area (TPSA) is 157 Å². The molecule has 0 saturated carbocycles. The molecule has 0 spiro atoms. The van der Waals surface area contributed by atoms with Crippen LogP contribution >= 0.6 is 11.9 Å². The molecular weight excluding hydrogens is 444 g/mol. The maximum Gasteiger partial charge on any atom is 0.338 e. The molecule has 4 amide bonds. The predicted molar refractivity (Wildman–Crippen MR) is 117 cm³/mol. The second-order valence-electron chi connectivity index (χ2n) is 6.25. The third kappa shape index (κ3) is 8.18. The number of esters is 1. The number of anilines is 1. The highest BCUT2D eigenvalue weighted by Crippen LogP contribution is 2.13. The Kier molecular flexibility index (Phi) is 8.70. The summed E-state index contributed by atoms with van der Waals surface area (Å²) >= 11 is 1.11. The first-order valence-electron chi connectivity index (χ1n) is 9.02. The largest absolute Gasteiger partial charge is 0.462 e. The quantitative estimate of drug-likeness (QED) is 0.251. The number of nitrogens with one attached hydrogen (secondary N) is 3. The molecule has 0 radical (unpaired) electrons. The molecule has 0 aliphatic heterocycles. The molecule has 0 unspecified atom stereocenters. The van der Waals surface area contributed by atoms with E-state index in [4.69, 9.17) is 10.5 Å². The highest BCUT2D eigenvalue weighted by Gasteiger charge is 2.17. The van der Waals surface area contributed by atoms with Crippen molar-refractivity contribution in [2.75, 3.05) is 17.7 Å². The van der Waals surface area contributed by atoms with Gasteiger partial charge in [-0.25, -0.2) is 27.5 Å². The summed E-state index contributed by atoms with van der Waals surface area (Å²) < 4.78 is 33.8. The zero-order chi connectivity index (χ0) is 22.9. The summed E-state index contributed by atoms with van der Waals surface area (Å²) in [5.41, 5.74) is 6.37. The highest BCUT2D eigenvalue weighted by atomic mass is 32.2. The minimum Gasteiger partial charge on any atom is -0.462 e. The number of urea groups is 2. The number of amides is 4. The fourth-order valence-electron chi connectivity index (χ4n) is 2.25. The number of hydrogen-bond donors (Lipinski definition) is 4. The van der Waals surface area contributed by atoms with Gasteiger partial charge in [-0.1, -0.05) is 17.7 Å². The molecule has 0 aliphatic rings. The van der Waals surface area contributed by atoms with Crippen molar-refractivity contribution in [3.8, 4) is 0 Å². The van der Waals surface area contributed by atoms with E-state index in [1.54, 1.807) is 12.1 Å². The fourth-order valence-corrected chi connectivity index (χ4v) is 3.66. The first kappa shape index (κ1) is 24.0. The number of carbonyl (C=O) groups is 3. The molecule has 0 heterocycles. The van der Waals surface area contributed by atoms with E-state index in [1.165, 1.54) is 36.4 Å². The molecule has 0 bridgehead atoms. The Balaban J connectivity index is 1.82. The zero-order valence-corrected chi connectivity index (χ0v) is 18.2. The van der Waals surface area contributed by atoms with Crippen LogP contribution in [0.2, 0.25) is 0 Å². The number of nitrogens with two attached hydrogens (primary N) is 1. The molecule has 2 aromatic carbocycles. The SMILES string of the molecule is Cc1ccc(S(=O)(=O)NC(=O)Nc2ccc(C(=O)OCCCSNC(N)=O)cc2)cc1. The summed E-state index contributed by atoms with van der Waals surface area (Å²) in [6.07, 6.45) is 0.520. The van der Waals surface area contributed by atoms with Crippen LogP contribution < -0.4 is 20.5 Å². The van der Waals surface area contributed by atoms with Gasteiger partial charge in [-0.15, -0.1) is 0 Å². The van der Waals surface area contributed by atoms with Crippen molar-refractivity contribution >= 4 is 45.7 Å². The lowest BCUT2D eigenvalue weighted by atomic mass is 10.2. The average molecular weight is 467 g/mol. The highest BCUT2D eigenvalue weighted by molar-refractivity contribution is 7.97. The van der Waals surface area contributed by atoms with Gasteiger partial charge in [0, 0.05) is 11.4 Å². The molecule has 0 saturated heterocycles. The Morgan fingerprint density at radius 2 is 1.68 bits per heavy atom. The molecule has 0 fully saturated rings. The van der Waals surface area contributed by atoms with Crippen molar-refractivity contribution in [2.45, 2.75) is 18.2 Å². The third-order valence-electron chi connectivity index (χ3n) is 3.73. The number of benzene rings is 2. The molecule has 0 atom stereocenters. The van der Waals surface area contributed by atoms with Gasteiger partial charge in [-0.3, -0.25) is 4.72 Å². The first-order valence-corrected chi connectivity index (χ1v) is 11.5. The summed E-state index contributed by atoms with van der Waals surface area (Å²) in [7, 11) is -4.01. The van der Waals surface area contributed by atoms with Crippen LogP contribution in [0.5, 0.6) is 0 Å². The van der Waals surface area contributed by atoms with Crippen LogP contribution in [0.4, 0.5) is 15.3 Å². The van der Waals surface area contributed by atoms with Gasteiger partial charge in [0.2, 0.25) is 0 Å². The lowest BCUT2D eigenvalue weighted by Crippen LogP contribution is -2.34. The Bertz CT molecular complexity index is 1020. The second-order valence-corrected chi connectivity index (χ2v) is 8.84. The second kappa shape index (κ2) is 11.2. The third-order valence-corrected chi connectivity index (χ3v) is 5.92. The Morgan fingerprint density at radius 1 is 1.03 bits per heavy atom. The number of aryl methyl sites for hydroxylation is 1. The minimum absolute atomic E-state index is 0.0323. The Morgan fingerprint density at radius 3 is 2.29 bits per heavy atom. The number of hydrogen-bond acceptors (Lipinski definition) is 7.